The Kier molecular flexibility index (Phi) is 6.08. The van der Waals surface area contributed by atoms with Crippen molar-refractivity contribution in [3.63, 3.8) is 0 Å². The van der Waals surface area contributed by atoms with Crippen LogP contribution in [0, 0.1) is 0 Å². The van der Waals surface area contributed by atoms with E-state index in [0.29, 0.717) is 11.5 Å². The van der Waals surface area contributed by atoms with Crippen molar-refractivity contribution in [1.29, 1.82) is 0 Å². The van der Waals surface area contributed by atoms with Crippen molar-refractivity contribution in [1.82, 2.24) is 0 Å². The highest BCUT2D eigenvalue weighted by Gasteiger charge is 2.25. The van der Waals surface area contributed by atoms with Crippen LogP contribution in [-0.4, -0.2) is 50.0 Å². The Morgan fingerprint density at radius 3 is 1.96 bits per heavy atom. The summed E-state index contributed by atoms with van der Waals surface area (Å²) in [4.78, 5) is 12.7. The second kappa shape index (κ2) is 8.25. The fraction of sp³-hybridized carbons (Fsp3) is 0.278. The predicted octanol–water partition coefficient (Wildman–Crippen LogP) is 2.04. The largest absolute Gasteiger partial charge is 0.502 e. The number of aliphatic hydroxyl groups is 1. The van der Waals surface area contributed by atoms with Crippen LogP contribution in [0.15, 0.2) is 36.4 Å². The minimum Gasteiger partial charge on any atom is -0.502 e. The number of phenolic OH excluding ortho intramolecular Hbond substituents is 1. The molecule has 1 atom stereocenters. The van der Waals surface area contributed by atoms with Gasteiger partial charge in [-0.1, -0.05) is 12.1 Å². The lowest BCUT2D eigenvalue weighted by molar-refractivity contribution is 0.0651. The number of phenols is 1. The van der Waals surface area contributed by atoms with E-state index in [1.165, 1.54) is 33.5 Å². The summed E-state index contributed by atoms with van der Waals surface area (Å²) in [5.74, 6) is 0.218. The molecule has 0 saturated carbocycles. The molecule has 0 bridgehead atoms. The maximum atomic E-state index is 12.7. The smallest absolute Gasteiger partial charge is 0.205 e. The number of ether oxygens (including phenoxy) is 4. The Balaban J connectivity index is 2.33. The topological polar surface area (TPSA) is 94.5 Å². The van der Waals surface area contributed by atoms with E-state index >= 15 is 0 Å². The van der Waals surface area contributed by atoms with Gasteiger partial charge in [-0.15, -0.1) is 0 Å². The number of hydrogen-bond acceptors (Lipinski definition) is 7. The summed E-state index contributed by atoms with van der Waals surface area (Å²) < 4.78 is 20.9. The predicted molar refractivity (Wildman–Crippen MR) is 90.0 cm³/mol. The number of methoxy groups -OCH3 is 3. The summed E-state index contributed by atoms with van der Waals surface area (Å²) in [5, 5.41) is 19.5. The lowest BCUT2D eigenvalue weighted by atomic mass is 10.0. The van der Waals surface area contributed by atoms with Gasteiger partial charge in [0.15, 0.2) is 29.1 Å². The minimum atomic E-state index is -1.16. The molecule has 0 radical (unpaired) electrons. The summed E-state index contributed by atoms with van der Waals surface area (Å²) in [6.45, 7) is -0.539. The van der Waals surface area contributed by atoms with Crippen LogP contribution in [0.5, 0.6) is 28.7 Å². The molecule has 0 aliphatic rings. The number of carbonyl (C=O) groups excluding carboxylic acids is 1. The van der Waals surface area contributed by atoms with Crippen LogP contribution in [0.3, 0.4) is 0 Å². The number of rotatable bonds is 8. The average Bonchev–Trinajstić information content (AvgIpc) is 2.65. The van der Waals surface area contributed by atoms with E-state index in [2.05, 4.69) is 0 Å². The zero-order valence-corrected chi connectivity index (χ0v) is 14.2. The van der Waals surface area contributed by atoms with E-state index < -0.39 is 18.5 Å². The molecule has 0 saturated heterocycles. The summed E-state index contributed by atoms with van der Waals surface area (Å²) in [6, 6.07) is 9.51. The van der Waals surface area contributed by atoms with E-state index in [-0.39, 0.29) is 22.8 Å². The third-order valence-corrected chi connectivity index (χ3v) is 3.56. The van der Waals surface area contributed by atoms with E-state index in [1.54, 1.807) is 24.3 Å². The Hall–Kier alpha value is -2.93. The molecule has 134 valence electrons. The zero-order valence-electron chi connectivity index (χ0n) is 14.2. The van der Waals surface area contributed by atoms with Gasteiger partial charge in [-0.05, 0) is 24.3 Å². The van der Waals surface area contributed by atoms with Crippen molar-refractivity contribution < 1.29 is 34.0 Å². The van der Waals surface area contributed by atoms with Crippen molar-refractivity contribution in [2.75, 3.05) is 27.9 Å². The van der Waals surface area contributed by atoms with Crippen LogP contribution in [0.2, 0.25) is 0 Å². The van der Waals surface area contributed by atoms with E-state index in [9.17, 15) is 15.0 Å². The third-order valence-electron chi connectivity index (χ3n) is 3.56. The minimum absolute atomic E-state index is 0.0803. The molecule has 0 aromatic heterocycles. The van der Waals surface area contributed by atoms with Gasteiger partial charge in [-0.2, -0.15) is 0 Å². The van der Waals surface area contributed by atoms with E-state index in [4.69, 9.17) is 18.9 Å². The SMILES string of the molecule is COc1ccccc1O[C@@H](CO)C(=O)c1cc(OC)c(O)c(OC)c1. The van der Waals surface area contributed by atoms with Crippen LogP contribution >= 0.6 is 0 Å². The Morgan fingerprint density at radius 1 is 0.960 bits per heavy atom. The zero-order chi connectivity index (χ0) is 18.4. The first-order valence-electron chi connectivity index (χ1n) is 7.45. The molecule has 2 N–H and O–H groups in total. The molecular weight excluding hydrogens is 328 g/mol. The number of para-hydroxylation sites is 2. The first-order chi connectivity index (χ1) is 12.0. The van der Waals surface area contributed by atoms with Gasteiger partial charge in [-0.3, -0.25) is 4.79 Å². The molecule has 25 heavy (non-hydrogen) atoms. The molecule has 0 aliphatic heterocycles. The summed E-state index contributed by atoms with van der Waals surface area (Å²) >= 11 is 0. The maximum absolute atomic E-state index is 12.7. The van der Waals surface area contributed by atoms with Crippen LogP contribution < -0.4 is 18.9 Å². The number of aliphatic hydroxyl groups excluding tert-OH is 1. The molecule has 0 aliphatic carbocycles. The quantitative estimate of drug-likeness (QED) is 0.705. The monoisotopic (exact) mass is 348 g/mol. The maximum Gasteiger partial charge on any atom is 0.205 e. The average molecular weight is 348 g/mol. The standard InChI is InChI=1S/C18H20O7/c1-22-12-6-4-5-7-13(12)25-16(10-19)17(20)11-8-14(23-2)18(21)15(9-11)24-3/h4-9,16,19,21H,10H2,1-3H3/t16-/m0/s1. The van der Waals surface area contributed by atoms with E-state index in [0.717, 1.165) is 0 Å². The number of hydrogen-bond donors (Lipinski definition) is 2. The van der Waals surface area contributed by atoms with Crippen molar-refractivity contribution in [3.8, 4) is 28.7 Å². The molecule has 2 aromatic rings. The Labute approximate surface area is 145 Å². The van der Waals surface area contributed by atoms with Gasteiger partial charge in [0.25, 0.3) is 0 Å². The van der Waals surface area contributed by atoms with Crippen molar-refractivity contribution in [2.24, 2.45) is 0 Å². The summed E-state index contributed by atoms with van der Waals surface area (Å²) in [7, 11) is 4.20. The summed E-state index contributed by atoms with van der Waals surface area (Å²) in [5.41, 5.74) is 0.167. The third kappa shape index (κ3) is 3.95. The van der Waals surface area contributed by atoms with Gasteiger partial charge >= 0.3 is 0 Å². The highest BCUT2D eigenvalue weighted by molar-refractivity contribution is 6.01. The number of Topliss-reactive ketones (excluding diaryl/α,β-unsaturated/α-hetero) is 1. The van der Waals surface area contributed by atoms with Crippen molar-refractivity contribution >= 4 is 5.78 Å². The van der Waals surface area contributed by atoms with Crippen molar-refractivity contribution in [3.05, 3.63) is 42.0 Å². The van der Waals surface area contributed by atoms with Gasteiger partial charge in [0.05, 0.1) is 27.9 Å². The fourth-order valence-electron chi connectivity index (χ4n) is 2.26. The number of benzene rings is 2. The Bertz CT molecular complexity index is 717. The van der Waals surface area contributed by atoms with Gasteiger partial charge < -0.3 is 29.2 Å². The van der Waals surface area contributed by atoms with Crippen molar-refractivity contribution in [2.45, 2.75) is 6.10 Å². The summed E-state index contributed by atoms with van der Waals surface area (Å²) in [6.07, 6.45) is -1.16. The Morgan fingerprint density at radius 2 is 1.48 bits per heavy atom. The second-order valence-corrected chi connectivity index (χ2v) is 5.03. The molecular formula is C18H20O7. The van der Waals surface area contributed by atoms with Gasteiger partial charge in [0.2, 0.25) is 11.5 Å². The number of carbonyl (C=O) groups is 1. The molecule has 0 fully saturated rings. The first-order valence-corrected chi connectivity index (χ1v) is 7.45. The van der Waals surface area contributed by atoms with Crippen LogP contribution in [0.1, 0.15) is 10.4 Å². The highest BCUT2D eigenvalue weighted by atomic mass is 16.5. The van der Waals surface area contributed by atoms with Gasteiger partial charge in [-0.25, -0.2) is 0 Å². The fourth-order valence-corrected chi connectivity index (χ4v) is 2.26. The molecule has 0 heterocycles. The molecule has 7 heteroatoms. The molecule has 7 nitrogen and oxygen atoms in total. The van der Waals surface area contributed by atoms with Crippen LogP contribution in [-0.2, 0) is 0 Å². The van der Waals surface area contributed by atoms with E-state index in [1.807, 2.05) is 0 Å². The molecule has 0 spiro atoms. The lowest BCUT2D eigenvalue weighted by Crippen LogP contribution is -2.31. The first kappa shape index (κ1) is 18.4. The number of ketones is 1. The normalized spacial score (nSPS) is 11.5. The molecule has 2 aromatic carbocycles. The van der Waals surface area contributed by atoms with Gasteiger partial charge in [0, 0.05) is 5.56 Å². The van der Waals surface area contributed by atoms with Crippen LogP contribution in [0.25, 0.3) is 0 Å². The lowest BCUT2D eigenvalue weighted by Gasteiger charge is -2.18. The van der Waals surface area contributed by atoms with Gasteiger partial charge in [0.1, 0.15) is 0 Å². The second-order valence-electron chi connectivity index (χ2n) is 5.03. The molecule has 0 unspecified atom stereocenters. The van der Waals surface area contributed by atoms with Crippen LogP contribution in [0.4, 0.5) is 0 Å². The highest BCUT2D eigenvalue weighted by Crippen LogP contribution is 2.37. The molecule has 0 amide bonds. The number of aromatic hydroxyl groups is 1. The molecule has 2 rings (SSSR count).